The minimum atomic E-state index is -1.07. The second-order valence-electron chi connectivity index (χ2n) is 3.31. The topological polar surface area (TPSA) is 71.5 Å². The summed E-state index contributed by atoms with van der Waals surface area (Å²) in [6.45, 7) is 0. The van der Waals surface area contributed by atoms with E-state index in [4.69, 9.17) is 21.4 Å². The van der Waals surface area contributed by atoms with E-state index in [1.807, 2.05) is 0 Å². The monoisotopic (exact) mass is 284 g/mol. The van der Waals surface area contributed by atoms with E-state index in [0.717, 1.165) is 0 Å². The summed E-state index contributed by atoms with van der Waals surface area (Å²) in [5.74, 6) is -0.553. The summed E-state index contributed by atoms with van der Waals surface area (Å²) in [6, 6.07) is 5.09. The quantitative estimate of drug-likeness (QED) is 0.902. The first-order chi connectivity index (χ1) is 8.61. The van der Waals surface area contributed by atoms with Gasteiger partial charge >= 0.3 is 5.97 Å². The minimum Gasteiger partial charge on any atom is -0.495 e. The van der Waals surface area contributed by atoms with Gasteiger partial charge in [-0.25, -0.2) is 9.78 Å². The molecule has 94 valence electrons. The van der Waals surface area contributed by atoms with Gasteiger partial charge in [0.2, 0.25) is 0 Å². The molecule has 2 aromatic rings. The largest absolute Gasteiger partial charge is 0.495 e. The summed E-state index contributed by atoms with van der Waals surface area (Å²) < 4.78 is 5.08. The number of thiazole rings is 1. The summed E-state index contributed by atoms with van der Waals surface area (Å²) in [5, 5.41) is 12.9. The van der Waals surface area contributed by atoms with Crippen LogP contribution in [-0.2, 0) is 0 Å². The molecule has 0 fully saturated rings. The van der Waals surface area contributed by atoms with Crippen LogP contribution in [0, 0.1) is 0 Å². The highest BCUT2D eigenvalue weighted by atomic mass is 35.5. The van der Waals surface area contributed by atoms with Gasteiger partial charge in [-0.1, -0.05) is 11.6 Å². The molecule has 0 aliphatic rings. The molecule has 7 heteroatoms. The van der Waals surface area contributed by atoms with E-state index >= 15 is 0 Å². The average molecular weight is 285 g/mol. The molecule has 1 aromatic carbocycles. The third-order valence-electron chi connectivity index (χ3n) is 2.18. The molecule has 0 aliphatic carbocycles. The van der Waals surface area contributed by atoms with Gasteiger partial charge in [0.1, 0.15) is 10.8 Å². The molecular formula is C11H9ClN2O3S. The van der Waals surface area contributed by atoms with E-state index in [1.54, 1.807) is 18.2 Å². The lowest BCUT2D eigenvalue weighted by atomic mass is 10.3. The van der Waals surface area contributed by atoms with Gasteiger partial charge < -0.3 is 15.2 Å². The van der Waals surface area contributed by atoms with Crippen LogP contribution in [0.15, 0.2) is 23.7 Å². The molecule has 0 unspecified atom stereocenters. The molecule has 0 amide bonds. The van der Waals surface area contributed by atoms with Crippen molar-refractivity contribution in [1.29, 1.82) is 0 Å². The van der Waals surface area contributed by atoms with E-state index in [0.29, 0.717) is 21.5 Å². The first-order valence-electron chi connectivity index (χ1n) is 4.89. The molecule has 0 spiro atoms. The number of halogens is 1. The van der Waals surface area contributed by atoms with E-state index in [1.165, 1.54) is 24.0 Å². The van der Waals surface area contributed by atoms with Crippen molar-refractivity contribution in [3.63, 3.8) is 0 Å². The van der Waals surface area contributed by atoms with Crippen molar-refractivity contribution in [2.75, 3.05) is 12.4 Å². The molecule has 0 saturated carbocycles. The van der Waals surface area contributed by atoms with Gasteiger partial charge in [0.15, 0.2) is 5.69 Å². The van der Waals surface area contributed by atoms with Crippen LogP contribution >= 0.6 is 22.9 Å². The molecule has 2 N–H and O–H groups in total. The third-order valence-corrected chi connectivity index (χ3v) is 3.23. The number of hydrogen-bond donors (Lipinski definition) is 2. The number of benzene rings is 1. The minimum absolute atomic E-state index is 0.00563. The maximum Gasteiger partial charge on any atom is 0.357 e. The molecule has 18 heavy (non-hydrogen) atoms. The highest BCUT2D eigenvalue weighted by Gasteiger charge is 2.14. The summed E-state index contributed by atoms with van der Waals surface area (Å²) in [7, 11) is 1.51. The number of ether oxygens (including phenoxy) is 1. The zero-order valence-electron chi connectivity index (χ0n) is 9.31. The lowest BCUT2D eigenvalue weighted by Crippen LogP contribution is -2.01. The van der Waals surface area contributed by atoms with E-state index in [2.05, 4.69) is 10.3 Å². The molecule has 5 nitrogen and oxygen atoms in total. The van der Waals surface area contributed by atoms with Crippen molar-refractivity contribution >= 4 is 39.6 Å². The number of carboxylic acids is 1. The van der Waals surface area contributed by atoms with Crippen molar-refractivity contribution in [2.45, 2.75) is 0 Å². The Labute approximate surface area is 112 Å². The van der Waals surface area contributed by atoms with E-state index in [9.17, 15) is 4.79 Å². The fourth-order valence-corrected chi connectivity index (χ4v) is 2.24. The van der Waals surface area contributed by atoms with Gasteiger partial charge in [-0.15, -0.1) is 11.3 Å². The van der Waals surface area contributed by atoms with Crippen molar-refractivity contribution in [2.24, 2.45) is 0 Å². The van der Waals surface area contributed by atoms with Crippen molar-refractivity contribution in [3.05, 3.63) is 34.4 Å². The average Bonchev–Trinajstić information content (AvgIpc) is 2.80. The summed E-state index contributed by atoms with van der Waals surface area (Å²) in [6.07, 6.45) is 0. The fraction of sp³-hybridized carbons (Fsp3) is 0.0909. The molecule has 0 bridgehead atoms. The number of anilines is 2. The molecule has 0 atom stereocenters. The molecule has 2 rings (SSSR count). The Morgan fingerprint density at radius 3 is 3.00 bits per heavy atom. The van der Waals surface area contributed by atoms with Crippen LogP contribution in [0.2, 0.25) is 5.02 Å². The number of methoxy groups -OCH3 is 1. The van der Waals surface area contributed by atoms with Crippen LogP contribution in [0.3, 0.4) is 0 Å². The maximum atomic E-state index is 10.9. The second kappa shape index (κ2) is 5.24. The summed E-state index contributed by atoms with van der Waals surface area (Å²) in [4.78, 5) is 14.7. The number of carbonyl (C=O) groups is 1. The smallest absolute Gasteiger partial charge is 0.357 e. The molecule has 0 radical (unpaired) electrons. The van der Waals surface area contributed by atoms with Crippen LogP contribution in [0.1, 0.15) is 10.5 Å². The number of rotatable bonds is 4. The standard InChI is InChI=1S/C11H9ClN2O3S/c1-17-8-4-6(2-3-7(8)12)14-10-9(11(15)16)13-5-18-10/h2-5,14H,1H3,(H,15,16). The number of carboxylic acid groups (broad SMARTS) is 1. The normalized spacial score (nSPS) is 10.1. The Balaban J connectivity index is 2.28. The Morgan fingerprint density at radius 2 is 2.33 bits per heavy atom. The van der Waals surface area contributed by atoms with Gasteiger partial charge in [0.05, 0.1) is 17.6 Å². The number of nitrogens with one attached hydrogen (secondary N) is 1. The highest BCUT2D eigenvalue weighted by Crippen LogP contribution is 2.31. The van der Waals surface area contributed by atoms with Crippen LogP contribution in [0.5, 0.6) is 5.75 Å². The third kappa shape index (κ3) is 2.55. The number of aromatic nitrogens is 1. The Bertz CT molecular complexity index is 585. The first-order valence-corrected chi connectivity index (χ1v) is 6.15. The second-order valence-corrected chi connectivity index (χ2v) is 4.57. The van der Waals surface area contributed by atoms with Crippen LogP contribution < -0.4 is 10.1 Å². The number of aromatic carboxylic acids is 1. The molecular weight excluding hydrogens is 276 g/mol. The number of hydrogen-bond acceptors (Lipinski definition) is 5. The zero-order valence-corrected chi connectivity index (χ0v) is 10.9. The Kier molecular flexibility index (Phi) is 3.69. The lowest BCUT2D eigenvalue weighted by Gasteiger charge is -2.08. The van der Waals surface area contributed by atoms with Crippen LogP contribution in [-0.4, -0.2) is 23.2 Å². The Morgan fingerprint density at radius 1 is 1.56 bits per heavy atom. The lowest BCUT2D eigenvalue weighted by molar-refractivity contribution is 0.0692. The van der Waals surface area contributed by atoms with Gasteiger partial charge in [-0.05, 0) is 12.1 Å². The zero-order chi connectivity index (χ0) is 13.1. The van der Waals surface area contributed by atoms with Crippen molar-refractivity contribution in [3.8, 4) is 5.75 Å². The van der Waals surface area contributed by atoms with Gasteiger partial charge in [-0.3, -0.25) is 0 Å². The van der Waals surface area contributed by atoms with Gasteiger partial charge in [0, 0.05) is 11.8 Å². The number of nitrogens with zero attached hydrogens (tertiary/aromatic N) is 1. The van der Waals surface area contributed by atoms with Crippen LogP contribution in [0.25, 0.3) is 0 Å². The Hall–Kier alpha value is -1.79. The molecule has 1 aromatic heterocycles. The molecule has 0 aliphatic heterocycles. The van der Waals surface area contributed by atoms with E-state index in [-0.39, 0.29) is 5.69 Å². The SMILES string of the molecule is COc1cc(Nc2scnc2C(=O)O)ccc1Cl. The van der Waals surface area contributed by atoms with Gasteiger partial charge in [-0.2, -0.15) is 0 Å². The molecule has 1 heterocycles. The fourth-order valence-electron chi connectivity index (χ4n) is 1.36. The summed E-state index contributed by atoms with van der Waals surface area (Å²) >= 11 is 7.12. The van der Waals surface area contributed by atoms with Crippen molar-refractivity contribution < 1.29 is 14.6 Å². The maximum absolute atomic E-state index is 10.9. The highest BCUT2D eigenvalue weighted by molar-refractivity contribution is 7.14. The molecule has 0 saturated heterocycles. The summed E-state index contributed by atoms with van der Waals surface area (Å²) in [5.41, 5.74) is 2.15. The van der Waals surface area contributed by atoms with Gasteiger partial charge in [0.25, 0.3) is 0 Å². The van der Waals surface area contributed by atoms with Crippen molar-refractivity contribution in [1.82, 2.24) is 4.98 Å². The predicted octanol–water partition coefficient (Wildman–Crippen LogP) is 3.25. The first kappa shape index (κ1) is 12.7. The van der Waals surface area contributed by atoms with E-state index < -0.39 is 5.97 Å². The van der Waals surface area contributed by atoms with Crippen LogP contribution in [0.4, 0.5) is 10.7 Å². The predicted molar refractivity (Wildman–Crippen MR) is 70.4 cm³/mol.